The lowest BCUT2D eigenvalue weighted by Crippen LogP contribution is -2.37. The van der Waals surface area contributed by atoms with E-state index < -0.39 is 0 Å². The van der Waals surface area contributed by atoms with E-state index in [1.165, 1.54) is 15.7 Å². The van der Waals surface area contributed by atoms with Gasteiger partial charge in [-0.3, -0.25) is 14.2 Å². The predicted molar refractivity (Wildman–Crippen MR) is 152 cm³/mol. The number of anilines is 2. The summed E-state index contributed by atoms with van der Waals surface area (Å²) >= 11 is 0. The van der Waals surface area contributed by atoms with Crippen LogP contribution in [0.4, 0.5) is 11.5 Å². The smallest absolute Gasteiger partial charge is 0.299 e. The zero-order chi connectivity index (χ0) is 27.1. The van der Waals surface area contributed by atoms with Gasteiger partial charge in [0.2, 0.25) is 5.91 Å². The number of hydrogen-bond acceptors (Lipinski definition) is 6. The maximum absolute atomic E-state index is 13.9. The van der Waals surface area contributed by atoms with Gasteiger partial charge in [0, 0.05) is 37.7 Å². The summed E-state index contributed by atoms with van der Waals surface area (Å²) in [5.74, 6) is 0.574. The molecule has 8 nitrogen and oxygen atoms in total. The highest BCUT2D eigenvalue weighted by Gasteiger charge is 2.20. The second-order valence-electron chi connectivity index (χ2n) is 9.32. The van der Waals surface area contributed by atoms with Crippen molar-refractivity contribution < 1.29 is 4.79 Å². The van der Waals surface area contributed by atoms with Crippen LogP contribution in [0.3, 0.4) is 0 Å². The van der Waals surface area contributed by atoms with Crippen molar-refractivity contribution in [3.8, 4) is 5.82 Å². The summed E-state index contributed by atoms with van der Waals surface area (Å²) in [4.78, 5) is 37.1. The van der Waals surface area contributed by atoms with Gasteiger partial charge in [-0.15, -0.1) is 0 Å². The minimum Gasteiger partial charge on any atom is -0.396 e. The highest BCUT2D eigenvalue weighted by molar-refractivity contribution is 5.79. The van der Waals surface area contributed by atoms with Crippen LogP contribution >= 0.6 is 0 Å². The molecule has 0 aliphatic rings. The number of amides is 1. The Morgan fingerprint density at radius 3 is 2.11 bits per heavy atom. The van der Waals surface area contributed by atoms with Crippen LogP contribution in [0.1, 0.15) is 28.1 Å². The van der Waals surface area contributed by atoms with Crippen molar-refractivity contribution in [2.75, 3.05) is 30.8 Å². The lowest BCUT2D eigenvalue weighted by Gasteiger charge is -2.25. The van der Waals surface area contributed by atoms with Gasteiger partial charge in [-0.2, -0.15) is 0 Å². The Hall–Kier alpha value is -4.46. The Kier molecular flexibility index (Phi) is 8.53. The van der Waals surface area contributed by atoms with Gasteiger partial charge in [-0.1, -0.05) is 60.7 Å². The molecule has 0 atom stereocenters. The van der Waals surface area contributed by atoms with Gasteiger partial charge in [0.1, 0.15) is 0 Å². The topological polar surface area (TPSA) is 106 Å². The molecule has 0 aliphatic carbocycles. The first-order chi connectivity index (χ1) is 18.4. The SMILES string of the molecule is CNC(=O)Cc1cc(N)c(-n2c(C)cnc(N(CCc3ccccc3)CCc3ccccc3)c2=O)nc1C. The zero-order valence-corrected chi connectivity index (χ0v) is 22.1. The Bertz CT molecular complexity index is 1410. The fraction of sp³-hybridized carbons (Fsp3) is 0.267. The van der Waals surface area contributed by atoms with Gasteiger partial charge in [0.15, 0.2) is 11.6 Å². The maximum atomic E-state index is 13.9. The van der Waals surface area contributed by atoms with E-state index in [1.807, 2.05) is 55.1 Å². The molecule has 3 N–H and O–H groups in total. The number of nitrogens with two attached hydrogens (primary N) is 1. The fourth-order valence-corrected chi connectivity index (χ4v) is 4.42. The van der Waals surface area contributed by atoms with Crippen molar-refractivity contribution in [2.24, 2.45) is 0 Å². The average Bonchev–Trinajstić information content (AvgIpc) is 2.93. The first-order valence-corrected chi connectivity index (χ1v) is 12.8. The second-order valence-corrected chi connectivity index (χ2v) is 9.32. The van der Waals surface area contributed by atoms with Crippen LogP contribution in [0.25, 0.3) is 5.82 Å². The van der Waals surface area contributed by atoms with Crippen LogP contribution < -0.4 is 21.5 Å². The van der Waals surface area contributed by atoms with E-state index in [2.05, 4.69) is 39.6 Å². The first kappa shape index (κ1) is 26.6. The number of pyridine rings is 1. The number of carbonyl (C=O) groups excluding carboxylic acids is 1. The Morgan fingerprint density at radius 1 is 0.974 bits per heavy atom. The summed E-state index contributed by atoms with van der Waals surface area (Å²) in [6.45, 7) is 4.89. The van der Waals surface area contributed by atoms with Gasteiger partial charge in [-0.05, 0) is 49.4 Å². The molecule has 4 aromatic rings. The molecule has 1 amide bonds. The summed E-state index contributed by atoms with van der Waals surface area (Å²) in [5, 5.41) is 2.62. The standard InChI is InChI=1S/C30H34N6O2/c1-21-20-33-29(30(38)36(21)28-26(31)18-25(22(2)34-28)19-27(37)32-3)35(16-14-23-10-6-4-7-11-23)17-15-24-12-8-5-9-13-24/h4-13,18,20H,14-17,19,31H2,1-3H3,(H,32,37). The van der Waals surface area contributed by atoms with E-state index in [9.17, 15) is 9.59 Å². The summed E-state index contributed by atoms with van der Waals surface area (Å²) in [5.41, 5.74) is 10.8. The zero-order valence-electron chi connectivity index (χ0n) is 22.1. The summed E-state index contributed by atoms with van der Waals surface area (Å²) in [6.07, 6.45) is 3.41. The van der Waals surface area contributed by atoms with Gasteiger partial charge in [0.25, 0.3) is 5.56 Å². The van der Waals surface area contributed by atoms with Crippen LogP contribution in [0, 0.1) is 13.8 Å². The quantitative estimate of drug-likeness (QED) is 0.339. The van der Waals surface area contributed by atoms with Crippen LogP contribution in [0.15, 0.2) is 77.7 Å². The Balaban J connectivity index is 1.71. The molecule has 2 aromatic carbocycles. The number of nitrogen functional groups attached to an aromatic ring is 1. The lowest BCUT2D eigenvalue weighted by atomic mass is 10.1. The molecule has 2 heterocycles. The number of aryl methyl sites for hydroxylation is 2. The van der Waals surface area contributed by atoms with Gasteiger partial charge < -0.3 is 16.0 Å². The molecule has 0 bridgehead atoms. The maximum Gasteiger partial charge on any atom is 0.299 e. The summed E-state index contributed by atoms with van der Waals surface area (Å²) in [7, 11) is 1.59. The molecule has 0 unspecified atom stereocenters. The third-order valence-corrected chi connectivity index (χ3v) is 6.61. The highest BCUT2D eigenvalue weighted by Crippen LogP contribution is 2.21. The van der Waals surface area contributed by atoms with Crippen LogP contribution in [-0.2, 0) is 24.1 Å². The molecule has 8 heteroatoms. The molecule has 2 aromatic heterocycles. The molecule has 4 rings (SSSR count). The van der Waals surface area contributed by atoms with E-state index in [0.29, 0.717) is 41.8 Å². The number of aromatic nitrogens is 3. The summed E-state index contributed by atoms with van der Waals surface area (Å²) < 4.78 is 1.52. The van der Waals surface area contributed by atoms with Crippen LogP contribution in [-0.4, -0.2) is 40.6 Å². The molecular formula is C30H34N6O2. The average molecular weight is 511 g/mol. The van der Waals surface area contributed by atoms with Gasteiger partial charge >= 0.3 is 0 Å². The van der Waals surface area contributed by atoms with Crippen molar-refractivity contribution in [1.29, 1.82) is 0 Å². The van der Waals surface area contributed by atoms with E-state index in [-0.39, 0.29) is 17.9 Å². The molecule has 0 saturated carbocycles. The molecule has 196 valence electrons. The van der Waals surface area contributed by atoms with Crippen molar-refractivity contribution in [3.05, 3.63) is 111 Å². The van der Waals surface area contributed by atoms with E-state index in [1.54, 1.807) is 19.3 Å². The lowest BCUT2D eigenvalue weighted by molar-refractivity contribution is -0.119. The number of nitrogens with one attached hydrogen (secondary N) is 1. The number of rotatable bonds is 10. The third-order valence-electron chi connectivity index (χ3n) is 6.61. The number of benzene rings is 2. The van der Waals surface area contributed by atoms with Crippen molar-refractivity contribution in [3.63, 3.8) is 0 Å². The molecular weight excluding hydrogens is 476 g/mol. The molecule has 38 heavy (non-hydrogen) atoms. The van der Waals surface area contributed by atoms with E-state index in [4.69, 9.17) is 5.73 Å². The minimum atomic E-state index is -0.274. The van der Waals surface area contributed by atoms with Crippen LogP contribution in [0.2, 0.25) is 0 Å². The number of hydrogen-bond donors (Lipinski definition) is 2. The molecule has 0 spiro atoms. The summed E-state index contributed by atoms with van der Waals surface area (Å²) in [6, 6.07) is 22.1. The number of carbonyl (C=O) groups is 1. The normalized spacial score (nSPS) is 10.8. The number of nitrogens with zero attached hydrogens (tertiary/aromatic N) is 4. The molecule has 0 radical (unpaired) electrons. The van der Waals surface area contributed by atoms with Crippen LogP contribution in [0.5, 0.6) is 0 Å². The highest BCUT2D eigenvalue weighted by atomic mass is 16.1. The van der Waals surface area contributed by atoms with Crippen molar-refractivity contribution in [2.45, 2.75) is 33.1 Å². The largest absolute Gasteiger partial charge is 0.396 e. The first-order valence-electron chi connectivity index (χ1n) is 12.8. The predicted octanol–water partition coefficient (Wildman–Crippen LogP) is 3.41. The molecule has 0 fully saturated rings. The minimum absolute atomic E-state index is 0.130. The van der Waals surface area contributed by atoms with E-state index in [0.717, 1.165) is 18.4 Å². The third kappa shape index (κ3) is 6.26. The van der Waals surface area contributed by atoms with E-state index >= 15 is 0 Å². The molecule has 0 saturated heterocycles. The van der Waals surface area contributed by atoms with Crippen molar-refractivity contribution >= 4 is 17.4 Å². The second kappa shape index (κ2) is 12.2. The van der Waals surface area contributed by atoms with Gasteiger partial charge in [-0.25, -0.2) is 9.97 Å². The Morgan fingerprint density at radius 2 is 1.55 bits per heavy atom. The monoisotopic (exact) mass is 510 g/mol. The van der Waals surface area contributed by atoms with Gasteiger partial charge in [0.05, 0.1) is 12.1 Å². The Labute approximate surface area is 223 Å². The fourth-order valence-electron chi connectivity index (χ4n) is 4.42. The number of likely N-dealkylation sites (N-methyl/N-ethyl adjacent to an activating group) is 1. The molecule has 0 aliphatic heterocycles. The van der Waals surface area contributed by atoms with Crippen molar-refractivity contribution in [1.82, 2.24) is 19.9 Å².